The maximum Gasteiger partial charge on any atom is 0.283 e. The average molecular weight is 348 g/mol. The molecular formula is C16H14ClN3O2S. The highest BCUT2D eigenvalue weighted by atomic mass is 35.5. The van der Waals surface area contributed by atoms with Crippen LogP contribution in [-0.2, 0) is 23.0 Å². The number of rotatable bonds is 2. The fourth-order valence-electron chi connectivity index (χ4n) is 2.90. The molecule has 2 aromatic carbocycles. The number of hydrogen-bond acceptors (Lipinski definition) is 4. The quantitative estimate of drug-likeness (QED) is 0.774. The lowest BCUT2D eigenvalue weighted by molar-refractivity contribution is 0.581. The second-order valence-electron chi connectivity index (χ2n) is 5.51. The zero-order valence-corrected chi connectivity index (χ0v) is 13.7. The fraction of sp³-hybridized carbons (Fsp3) is 0.188. The number of aromatic nitrogens is 2. The van der Waals surface area contributed by atoms with E-state index < -0.39 is 10.0 Å². The van der Waals surface area contributed by atoms with E-state index in [-0.39, 0.29) is 10.0 Å². The lowest BCUT2D eigenvalue weighted by atomic mass is 10.0. The van der Waals surface area contributed by atoms with Gasteiger partial charge in [-0.15, -0.1) is 5.10 Å². The molecule has 1 aromatic heterocycles. The van der Waals surface area contributed by atoms with Crippen LogP contribution in [0.1, 0.15) is 11.1 Å². The number of nitrogens with one attached hydrogen (secondary N) is 1. The first-order valence-corrected chi connectivity index (χ1v) is 9.10. The molecule has 23 heavy (non-hydrogen) atoms. The molecule has 5 nitrogen and oxygen atoms in total. The molecule has 0 unspecified atom stereocenters. The summed E-state index contributed by atoms with van der Waals surface area (Å²) in [5.74, 6) is 0. The Bertz CT molecular complexity index is 1010. The summed E-state index contributed by atoms with van der Waals surface area (Å²) in [5, 5.41) is 8.09. The van der Waals surface area contributed by atoms with Gasteiger partial charge in [0, 0.05) is 11.9 Å². The van der Waals surface area contributed by atoms with Gasteiger partial charge in [0.05, 0.1) is 10.4 Å². The van der Waals surface area contributed by atoms with Crippen LogP contribution in [0.3, 0.4) is 0 Å². The summed E-state index contributed by atoms with van der Waals surface area (Å²) in [6.45, 7) is 1.60. The number of nitrogens with zero attached hydrogens (tertiary/aromatic N) is 2. The normalized spacial score (nSPS) is 14.8. The monoisotopic (exact) mass is 347 g/mol. The topological polar surface area (TPSA) is 64.0 Å². The number of fused-ring (bicyclic) bond motifs is 2. The van der Waals surface area contributed by atoms with Gasteiger partial charge in [-0.25, -0.2) is 0 Å². The third kappa shape index (κ3) is 2.34. The van der Waals surface area contributed by atoms with Crippen LogP contribution in [-0.4, -0.2) is 24.1 Å². The van der Waals surface area contributed by atoms with Gasteiger partial charge >= 0.3 is 0 Å². The van der Waals surface area contributed by atoms with Crippen molar-refractivity contribution in [3.63, 3.8) is 0 Å². The summed E-state index contributed by atoms with van der Waals surface area (Å²) < 4.78 is 27.0. The minimum atomic E-state index is -3.78. The van der Waals surface area contributed by atoms with Gasteiger partial charge in [0.15, 0.2) is 5.15 Å². The maximum absolute atomic E-state index is 13.0. The molecule has 118 valence electrons. The number of halogens is 1. The molecule has 0 spiro atoms. The van der Waals surface area contributed by atoms with E-state index in [2.05, 4.69) is 10.4 Å². The summed E-state index contributed by atoms with van der Waals surface area (Å²) >= 11 is 6.08. The van der Waals surface area contributed by atoms with Crippen molar-refractivity contribution in [1.82, 2.24) is 14.5 Å². The second kappa shape index (κ2) is 5.33. The first-order valence-electron chi connectivity index (χ1n) is 7.29. The molecule has 0 saturated carbocycles. The standard InChI is InChI=1S/C16H14ClN3O2S/c17-16-14-3-1-2-4-15(14)20(19-16)23(21,22)13-6-5-11-7-8-18-10-12(11)9-13/h1-6,9,18H,7-8,10H2. The average Bonchev–Trinajstić information content (AvgIpc) is 2.92. The smallest absolute Gasteiger partial charge is 0.283 e. The minimum Gasteiger partial charge on any atom is -0.312 e. The van der Waals surface area contributed by atoms with Crippen LogP contribution in [0.2, 0.25) is 5.15 Å². The number of benzene rings is 2. The van der Waals surface area contributed by atoms with E-state index in [0.717, 1.165) is 22.6 Å². The highest BCUT2D eigenvalue weighted by Gasteiger charge is 2.23. The lowest BCUT2D eigenvalue weighted by Gasteiger charge is -2.18. The van der Waals surface area contributed by atoms with E-state index in [9.17, 15) is 8.42 Å². The second-order valence-corrected chi connectivity index (χ2v) is 7.64. The molecule has 4 rings (SSSR count). The van der Waals surface area contributed by atoms with Gasteiger partial charge in [-0.2, -0.15) is 12.5 Å². The first-order chi connectivity index (χ1) is 11.1. The molecule has 2 heterocycles. The highest BCUT2D eigenvalue weighted by molar-refractivity contribution is 7.90. The SMILES string of the molecule is O=S(=O)(c1ccc2c(c1)CNCC2)n1nc(Cl)c2ccccc21. The molecule has 0 saturated heterocycles. The van der Waals surface area contributed by atoms with E-state index >= 15 is 0 Å². The van der Waals surface area contributed by atoms with Crippen LogP contribution < -0.4 is 5.32 Å². The van der Waals surface area contributed by atoms with Crippen LogP contribution in [0.4, 0.5) is 0 Å². The van der Waals surface area contributed by atoms with Gasteiger partial charge in [0.2, 0.25) is 0 Å². The zero-order valence-electron chi connectivity index (χ0n) is 12.2. The van der Waals surface area contributed by atoms with Gasteiger partial charge < -0.3 is 5.32 Å². The largest absolute Gasteiger partial charge is 0.312 e. The molecule has 1 N–H and O–H groups in total. The van der Waals surface area contributed by atoms with Gasteiger partial charge in [-0.05, 0) is 48.4 Å². The third-order valence-electron chi connectivity index (χ3n) is 4.10. The molecule has 0 atom stereocenters. The van der Waals surface area contributed by atoms with Crippen LogP contribution in [0.15, 0.2) is 47.4 Å². The van der Waals surface area contributed by atoms with Crippen molar-refractivity contribution in [2.24, 2.45) is 0 Å². The Labute approximate surface area is 138 Å². The summed E-state index contributed by atoms with van der Waals surface area (Å²) in [6.07, 6.45) is 0.909. The number of para-hydroxylation sites is 1. The van der Waals surface area contributed by atoms with Gasteiger partial charge in [0.25, 0.3) is 10.0 Å². The van der Waals surface area contributed by atoms with Crippen molar-refractivity contribution in [2.75, 3.05) is 6.54 Å². The van der Waals surface area contributed by atoms with Gasteiger partial charge in [-0.3, -0.25) is 0 Å². The van der Waals surface area contributed by atoms with Gasteiger partial charge in [0.1, 0.15) is 0 Å². The van der Waals surface area contributed by atoms with Crippen LogP contribution in [0.25, 0.3) is 10.9 Å². The van der Waals surface area contributed by atoms with E-state index in [1.807, 2.05) is 6.07 Å². The third-order valence-corrected chi connectivity index (χ3v) is 5.96. The van der Waals surface area contributed by atoms with Crippen LogP contribution >= 0.6 is 11.6 Å². The van der Waals surface area contributed by atoms with E-state index in [1.54, 1.807) is 36.4 Å². The lowest BCUT2D eigenvalue weighted by Crippen LogP contribution is -2.24. The molecule has 0 radical (unpaired) electrons. The van der Waals surface area contributed by atoms with Crippen molar-refractivity contribution in [3.05, 3.63) is 58.7 Å². The molecule has 3 aromatic rings. The van der Waals surface area contributed by atoms with Crippen molar-refractivity contribution in [2.45, 2.75) is 17.9 Å². The zero-order chi connectivity index (χ0) is 16.0. The Kier molecular flexibility index (Phi) is 3.41. The predicted molar refractivity (Wildman–Crippen MR) is 89.2 cm³/mol. The highest BCUT2D eigenvalue weighted by Crippen LogP contribution is 2.27. The van der Waals surface area contributed by atoms with Crippen molar-refractivity contribution < 1.29 is 8.42 Å². The Morgan fingerprint density at radius 2 is 1.96 bits per heavy atom. The van der Waals surface area contributed by atoms with Crippen molar-refractivity contribution in [3.8, 4) is 0 Å². The number of hydrogen-bond donors (Lipinski definition) is 1. The van der Waals surface area contributed by atoms with E-state index in [1.165, 1.54) is 5.56 Å². The summed E-state index contributed by atoms with van der Waals surface area (Å²) in [5.41, 5.74) is 2.68. The Morgan fingerprint density at radius 3 is 2.83 bits per heavy atom. The molecular weight excluding hydrogens is 334 g/mol. The molecule has 0 bridgehead atoms. The Hall–Kier alpha value is -1.89. The Morgan fingerprint density at radius 1 is 1.13 bits per heavy atom. The predicted octanol–water partition coefficient (Wildman–Crippen LogP) is 2.57. The Balaban J connectivity index is 1.90. The van der Waals surface area contributed by atoms with Crippen LogP contribution in [0.5, 0.6) is 0 Å². The molecule has 0 aliphatic carbocycles. The molecule has 7 heteroatoms. The van der Waals surface area contributed by atoms with Crippen molar-refractivity contribution in [1.29, 1.82) is 0 Å². The molecule has 1 aliphatic heterocycles. The summed E-state index contributed by atoms with van der Waals surface area (Å²) in [6, 6.07) is 12.3. The maximum atomic E-state index is 13.0. The van der Waals surface area contributed by atoms with E-state index in [4.69, 9.17) is 11.6 Å². The molecule has 0 amide bonds. The minimum absolute atomic E-state index is 0.184. The first kappa shape index (κ1) is 14.7. The van der Waals surface area contributed by atoms with E-state index in [0.29, 0.717) is 17.4 Å². The van der Waals surface area contributed by atoms with Gasteiger partial charge in [-0.1, -0.05) is 29.8 Å². The molecule has 1 aliphatic rings. The van der Waals surface area contributed by atoms with Crippen LogP contribution in [0, 0.1) is 0 Å². The fourth-order valence-corrected chi connectivity index (χ4v) is 4.52. The molecule has 0 fully saturated rings. The summed E-state index contributed by atoms with van der Waals surface area (Å²) in [4.78, 5) is 0.227. The summed E-state index contributed by atoms with van der Waals surface area (Å²) in [7, 11) is -3.78. The van der Waals surface area contributed by atoms with Crippen molar-refractivity contribution >= 4 is 32.5 Å².